The molecule has 3 nitrogen and oxygen atoms in total. The third-order valence-electron chi connectivity index (χ3n) is 3.75. The van der Waals surface area contributed by atoms with Gasteiger partial charge in [0.15, 0.2) is 0 Å². The molecule has 2 aromatic rings. The van der Waals surface area contributed by atoms with E-state index < -0.39 is 0 Å². The van der Waals surface area contributed by atoms with E-state index in [-0.39, 0.29) is 11.9 Å². The molecule has 0 saturated carbocycles. The highest BCUT2D eigenvalue weighted by Crippen LogP contribution is 2.46. The van der Waals surface area contributed by atoms with Crippen molar-refractivity contribution in [1.29, 1.82) is 0 Å². The third kappa shape index (κ3) is 1.53. The molecule has 1 aromatic carbocycles. The molecule has 1 aromatic heterocycles. The van der Waals surface area contributed by atoms with E-state index in [1.807, 2.05) is 18.2 Å². The average Bonchev–Trinajstić information content (AvgIpc) is 2.86. The fourth-order valence-electron chi connectivity index (χ4n) is 2.95. The lowest BCUT2D eigenvalue weighted by molar-refractivity contribution is -0.117. The average molecular weight is 291 g/mol. The number of nitrogens with one attached hydrogen (secondary N) is 1. The normalized spacial score (nSPS) is 20.4. The van der Waals surface area contributed by atoms with E-state index in [0.717, 1.165) is 29.9 Å². The van der Waals surface area contributed by atoms with Crippen LogP contribution in [0.25, 0.3) is 0 Å². The van der Waals surface area contributed by atoms with Crippen LogP contribution in [0.15, 0.2) is 29.6 Å². The Labute approximate surface area is 119 Å². The molecular weight excluding hydrogens is 280 g/mol. The molecule has 2 aliphatic rings. The molecule has 1 atom stereocenters. The Bertz CT molecular complexity index is 682. The number of thiophene rings is 1. The summed E-state index contributed by atoms with van der Waals surface area (Å²) in [5.41, 5.74) is 2.89. The first-order chi connectivity index (χ1) is 9.25. The Kier molecular flexibility index (Phi) is 2.37. The van der Waals surface area contributed by atoms with Crippen molar-refractivity contribution in [3.63, 3.8) is 0 Å². The van der Waals surface area contributed by atoms with Crippen LogP contribution >= 0.6 is 22.9 Å². The molecule has 19 heavy (non-hydrogen) atoms. The predicted molar refractivity (Wildman–Crippen MR) is 78.2 cm³/mol. The molecule has 0 radical (unpaired) electrons. The Morgan fingerprint density at radius 2 is 2.26 bits per heavy atom. The highest BCUT2D eigenvalue weighted by Gasteiger charge is 2.39. The van der Waals surface area contributed by atoms with Crippen molar-refractivity contribution in [3.8, 4) is 0 Å². The minimum Gasteiger partial charge on any atom is -0.353 e. The van der Waals surface area contributed by atoms with Gasteiger partial charge in [-0.1, -0.05) is 17.7 Å². The smallest absolute Gasteiger partial charge is 0.251 e. The van der Waals surface area contributed by atoms with Crippen molar-refractivity contribution in [2.45, 2.75) is 12.5 Å². The van der Waals surface area contributed by atoms with Crippen molar-refractivity contribution < 1.29 is 4.79 Å². The number of amides is 1. The Balaban J connectivity index is 1.92. The van der Waals surface area contributed by atoms with Gasteiger partial charge in [-0.15, -0.1) is 11.3 Å². The molecular formula is C14H11ClN2OS. The summed E-state index contributed by atoms with van der Waals surface area (Å²) >= 11 is 8.05. The monoisotopic (exact) mass is 290 g/mol. The Morgan fingerprint density at radius 3 is 3.16 bits per heavy atom. The van der Waals surface area contributed by atoms with E-state index in [1.165, 1.54) is 4.88 Å². The van der Waals surface area contributed by atoms with Gasteiger partial charge in [0.25, 0.3) is 5.91 Å². The second kappa shape index (κ2) is 3.99. The van der Waals surface area contributed by atoms with Crippen LogP contribution in [0.4, 0.5) is 11.4 Å². The van der Waals surface area contributed by atoms with Crippen LogP contribution in [-0.2, 0) is 11.2 Å². The van der Waals surface area contributed by atoms with E-state index in [1.54, 1.807) is 11.3 Å². The van der Waals surface area contributed by atoms with Crippen LogP contribution in [0.3, 0.4) is 0 Å². The molecule has 2 aliphatic heterocycles. The molecule has 0 bridgehead atoms. The number of hydrogen-bond donors (Lipinski definition) is 1. The molecule has 0 fully saturated rings. The van der Waals surface area contributed by atoms with Gasteiger partial charge in [-0.3, -0.25) is 4.79 Å². The summed E-state index contributed by atoms with van der Waals surface area (Å²) in [6.07, 6.45) is 0.974. The van der Waals surface area contributed by atoms with Crippen molar-refractivity contribution in [1.82, 2.24) is 0 Å². The second-order valence-corrected chi connectivity index (χ2v) is 6.18. The van der Waals surface area contributed by atoms with Crippen LogP contribution < -0.4 is 10.2 Å². The standard InChI is InChI=1S/C14H11ClN2OS/c15-9-2-1-3-10-13(9)17-6-4-11-8(5-7-19-11)12(17)14(18)16-10/h1-3,5,7,12H,4,6H2,(H,16,18). The van der Waals surface area contributed by atoms with Crippen molar-refractivity contribution >= 4 is 40.2 Å². The fourth-order valence-corrected chi connectivity index (χ4v) is 4.14. The first kappa shape index (κ1) is 11.3. The zero-order chi connectivity index (χ0) is 13.0. The lowest BCUT2D eigenvalue weighted by Gasteiger charge is -2.41. The van der Waals surface area contributed by atoms with E-state index in [2.05, 4.69) is 21.7 Å². The van der Waals surface area contributed by atoms with Gasteiger partial charge in [0.05, 0.1) is 16.4 Å². The second-order valence-electron chi connectivity index (χ2n) is 4.77. The third-order valence-corrected chi connectivity index (χ3v) is 5.05. The largest absolute Gasteiger partial charge is 0.353 e. The van der Waals surface area contributed by atoms with Gasteiger partial charge in [0.1, 0.15) is 6.04 Å². The Hall–Kier alpha value is -1.52. The summed E-state index contributed by atoms with van der Waals surface area (Å²) in [7, 11) is 0. The number of carbonyl (C=O) groups excluding carboxylic acids is 1. The number of benzene rings is 1. The van der Waals surface area contributed by atoms with Gasteiger partial charge >= 0.3 is 0 Å². The number of rotatable bonds is 0. The van der Waals surface area contributed by atoms with E-state index in [4.69, 9.17) is 11.6 Å². The van der Waals surface area contributed by atoms with E-state index in [9.17, 15) is 4.79 Å². The molecule has 5 heteroatoms. The van der Waals surface area contributed by atoms with Crippen LogP contribution in [0.2, 0.25) is 5.02 Å². The van der Waals surface area contributed by atoms with Crippen molar-refractivity contribution in [3.05, 3.63) is 45.1 Å². The van der Waals surface area contributed by atoms with E-state index in [0.29, 0.717) is 5.02 Å². The number of halogens is 1. The molecule has 96 valence electrons. The zero-order valence-electron chi connectivity index (χ0n) is 10.0. The number of nitrogens with zero attached hydrogens (tertiary/aromatic N) is 1. The number of fused-ring (bicyclic) bond motifs is 5. The summed E-state index contributed by atoms with van der Waals surface area (Å²) in [5, 5.41) is 5.72. The van der Waals surface area contributed by atoms with Crippen LogP contribution in [0, 0.1) is 0 Å². The maximum Gasteiger partial charge on any atom is 0.251 e. The number of anilines is 2. The molecule has 0 spiro atoms. The first-order valence-electron chi connectivity index (χ1n) is 6.18. The van der Waals surface area contributed by atoms with Gasteiger partial charge in [0.2, 0.25) is 0 Å². The highest BCUT2D eigenvalue weighted by atomic mass is 35.5. The minimum atomic E-state index is -0.234. The predicted octanol–water partition coefficient (Wildman–Crippen LogP) is 3.46. The lowest BCUT2D eigenvalue weighted by atomic mass is 9.95. The topological polar surface area (TPSA) is 32.3 Å². The SMILES string of the molecule is O=C1Nc2cccc(Cl)c2N2CCc3sccc3C12. The maximum absolute atomic E-state index is 12.4. The molecule has 1 N–H and O–H groups in total. The van der Waals surface area contributed by atoms with Gasteiger partial charge in [-0.2, -0.15) is 0 Å². The zero-order valence-corrected chi connectivity index (χ0v) is 11.6. The minimum absolute atomic E-state index is 0.0362. The lowest BCUT2D eigenvalue weighted by Crippen LogP contribution is -2.45. The van der Waals surface area contributed by atoms with Crippen LogP contribution in [-0.4, -0.2) is 12.5 Å². The van der Waals surface area contributed by atoms with Gasteiger partial charge in [-0.05, 0) is 35.6 Å². The first-order valence-corrected chi connectivity index (χ1v) is 7.44. The van der Waals surface area contributed by atoms with Gasteiger partial charge < -0.3 is 10.2 Å². The molecule has 4 rings (SSSR count). The summed E-state index contributed by atoms with van der Waals surface area (Å²) < 4.78 is 0. The Morgan fingerprint density at radius 1 is 1.37 bits per heavy atom. The molecule has 3 heterocycles. The highest BCUT2D eigenvalue weighted by molar-refractivity contribution is 7.10. The number of hydrogen-bond acceptors (Lipinski definition) is 3. The van der Waals surface area contributed by atoms with Crippen LogP contribution in [0.1, 0.15) is 16.5 Å². The maximum atomic E-state index is 12.4. The quantitative estimate of drug-likeness (QED) is 0.806. The number of carbonyl (C=O) groups is 1. The summed E-state index contributed by atoms with van der Waals surface area (Å²) in [6, 6.07) is 7.46. The molecule has 0 aliphatic carbocycles. The van der Waals surface area contributed by atoms with E-state index >= 15 is 0 Å². The fraction of sp³-hybridized carbons (Fsp3) is 0.214. The summed E-state index contributed by atoms with van der Waals surface area (Å²) in [4.78, 5) is 15.8. The van der Waals surface area contributed by atoms with Crippen LogP contribution in [0.5, 0.6) is 0 Å². The molecule has 1 amide bonds. The number of para-hydroxylation sites is 1. The van der Waals surface area contributed by atoms with Crippen molar-refractivity contribution in [2.24, 2.45) is 0 Å². The van der Waals surface area contributed by atoms with Gasteiger partial charge in [-0.25, -0.2) is 0 Å². The van der Waals surface area contributed by atoms with Crippen molar-refractivity contribution in [2.75, 3.05) is 16.8 Å². The summed E-state index contributed by atoms with van der Waals surface area (Å²) in [5.74, 6) is 0.0362. The van der Waals surface area contributed by atoms with Gasteiger partial charge in [0, 0.05) is 11.4 Å². The molecule has 0 saturated heterocycles. The summed E-state index contributed by atoms with van der Waals surface area (Å²) in [6.45, 7) is 0.836. The molecule has 1 unspecified atom stereocenters.